The number of aliphatic hydroxyl groups is 1. The number of nitrogens with zero attached hydrogens (tertiary/aromatic N) is 3. The third-order valence-corrected chi connectivity index (χ3v) is 6.10. The molecule has 3 fully saturated rings. The molecule has 7 heteroatoms. The van der Waals surface area contributed by atoms with Crippen molar-refractivity contribution in [2.75, 3.05) is 45.8 Å². The number of carbonyl (C=O) groups is 2. The van der Waals surface area contributed by atoms with Crippen LogP contribution < -0.4 is 0 Å². The minimum absolute atomic E-state index is 0.108. The van der Waals surface area contributed by atoms with Gasteiger partial charge in [-0.15, -0.1) is 0 Å². The van der Waals surface area contributed by atoms with Crippen LogP contribution in [0, 0.1) is 5.41 Å². The molecule has 2 heterocycles. The first-order chi connectivity index (χ1) is 12.7. The van der Waals surface area contributed by atoms with Crippen LogP contribution in [-0.2, 0) is 9.53 Å². The van der Waals surface area contributed by atoms with Gasteiger partial charge in [-0.05, 0) is 65.0 Å². The molecule has 3 rings (SSSR count). The minimum atomic E-state index is -0.523. The highest BCUT2D eigenvalue weighted by molar-refractivity contribution is 5.78. The van der Waals surface area contributed by atoms with E-state index in [0.29, 0.717) is 32.6 Å². The van der Waals surface area contributed by atoms with E-state index in [9.17, 15) is 14.7 Å². The van der Waals surface area contributed by atoms with Gasteiger partial charge in [-0.1, -0.05) is 0 Å². The smallest absolute Gasteiger partial charge is 0.410 e. The van der Waals surface area contributed by atoms with Crippen LogP contribution in [-0.4, -0.2) is 89.3 Å². The van der Waals surface area contributed by atoms with Gasteiger partial charge in [-0.3, -0.25) is 4.79 Å². The monoisotopic (exact) mass is 381 g/mol. The number of hydrogen-bond acceptors (Lipinski definition) is 5. The van der Waals surface area contributed by atoms with E-state index < -0.39 is 5.60 Å². The normalized spacial score (nSPS) is 26.2. The van der Waals surface area contributed by atoms with Gasteiger partial charge in [0.05, 0.1) is 6.10 Å². The lowest BCUT2D eigenvalue weighted by atomic mass is 9.90. The third-order valence-electron chi connectivity index (χ3n) is 6.10. The molecule has 0 aromatic rings. The number of piperidine rings is 1. The summed E-state index contributed by atoms with van der Waals surface area (Å²) in [5, 5.41) is 10.3. The second-order valence-electron chi connectivity index (χ2n) is 9.38. The Morgan fingerprint density at radius 2 is 1.89 bits per heavy atom. The molecule has 154 valence electrons. The van der Waals surface area contributed by atoms with Gasteiger partial charge in [0.25, 0.3) is 0 Å². The van der Waals surface area contributed by atoms with E-state index in [2.05, 4.69) is 4.90 Å². The highest BCUT2D eigenvalue weighted by atomic mass is 16.6. The Morgan fingerprint density at radius 3 is 2.52 bits per heavy atom. The third kappa shape index (κ3) is 5.35. The van der Waals surface area contributed by atoms with Crippen molar-refractivity contribution in [2.45, 2.75) is 64.6 Å². The number of hydrogen-bond donors (Lipinski definition) is 1. The molecule has 3 aliphatic rings. The molecule has 2 amide bonds. The molecule has 0 aromatic heterocycles. The van der Waals surface area contributed by atoms with Gasteiger partial charge in [-0.2, -0.15) is 0 Å². The molecule has 1 unspecified atom stereocenters. The molecule has 2 saturated heterocycles. The highest BCUT2D eigenvalue weighted by Gasteiger charge is 2.51. The molecular weight excluding hydrogens is 346 g/mol. The lowest BCUT2D eigenvalue weighted by Gasteiger charge is -2.36. The van der Waals surface area contributed by atoms with Crippen LogP contribution in [0.4, 0.5) is 4.79 Å². The van der Waals surface area contributed by atoms with E-state index in [1.807, 2.05) is 25.7 Å². The van der Waals surface area contributed by atoms with Gasteiger partial charge in [-0.25, -0.2) is 4.79 Å². The van der Waals surface area contributed by atoms with Crippen LogP contribution in [0.5, 0.6) is 0 Å². The van der Waals surface area contributed by atoms with E-state index in [1.165, 1.54) is 12.8 Å². The Balaban J connectivity index is 1.40. The fourth-order valence-electron chi connectivity index (χ4n) is 4.12. The van der Waals surface area contributed by atoms with E-state index in [-0.39, 0.29) is 23.5 Å². The number of rotatable bonds is 4. The predicted molar refractivity (Wildman–Crippen MR) is 102 cm³/mol. The van der Waals surface area contributed by atoms with Crippen LogP contribution in [0.1, 0.15) is 52.9 Å². The topological polar surface area (TPSA) is 73.3 Å². The van der Waals surface area contributed by atoms with E-state index in [4.69, 9.17) is 4.74 Å². The summed E-state index contributed by atoms with van der Waals surface area (Å²) in [6.07, 6.45) is 4.18. The Bertz CT molecular complexity index is 556. The van der Waals surface area contributed by atoms with Crippen molar-refractivity contribution in [3.8, 4) is 0 Å². The molecule has 1 spiro atoms. The number of aliphatic hydroxyl groups excluding tert-OH is 1. The highest BCUT2D eigenvalue weighted by Crippen LogP contribution is 2.53. The first-order valence-corrected chi connectivity index (χ1v) is 10.3. The Hall–Kier alpha value is -1.34. The first-order valence-electron chi connectivity index (χ1n) is 10.3. The van der Waals surface area contributed by atoms with E-state index in [0.717, 1.165) is 32.5 Å². The van der Waals surface area contributed by atoms with Gasteiger partial charge in [0.1, 0.15) is 5.60 Å². The molecule has 1 atom stereocenters. The Kier molecular flexibility index (Phi) is 6.01. The maximum Gasteiger partial charge on any atom is 0.410 e. The maximum atomic E-state index is 12.4. The molecule has 7 nitrogen and oxygen atoms in total. The number of ether oxygens (including phenoxy) is 1. The second kappa shape index (κ2) is 7.95. The summed E-state index contributed by atoms with van der Waals surface area (Å²) in [6, 6.07) is 0. The molecule has 1 saturated carbocycles. The minimum Gasteiger partial charge on any atom is -0.444 e. The Labute approximate surface area is 162 Å². The van der Waals surface area contributed by atoms with Crippen LogP contribution in [0.25, 0.3) is 0 Å². The lowest BCUT2D eigenvalue weighted by molar-refractivity contribution is -0.130. The fraction of sp³-hybridized carbons (Fsp3) is 0.900. The predicted octanol–water partition coefficient (Wildman–Crippen LogP) is 1.69. The van der Waals surface area contributed by atoms with E-state index in [1.54, 1.807) is 4.90 Å². The number of β-amino-alcohol motifs (C(OH)–C–C–N with tert-alkyl or cyclic N) is 1. The summed E-state index contributed by atoms with van der Waals surface area (Å²) in [7, 11) is 0. The van der Waals surface area contributed by atoms with Crippen molar-refractivity contribution in [1.82, 2.24) is 14.7 Å². The fourth-order valence-corrected chi connectivity index (χ4v) is 4.12. The molecular formula is C20H35N3O4. The van der Waals surface area contributed by atoms with Crippen LogP contribution in [0.3, 0.4) is 0 Å². The molecule has 27 heavy (non-hydrogen) atoms. The largest absolute Gasteiger partial charge is 0.444 e. The standard InChI is InChI=1S/C20H35N3O4/c1-19(2,3)27-18(26)23-11-5-17(25)22(13-14-23)10-4-9-21-12-8-20(6-7-20)16(24)15-21/h16,24H,4-15H2,1-3H3. The summed E-state index contributed by atoms with van der Waals surface area (Å²) in [6.45, 7) is 10.5. The second-order valence-corrected chi connectivity index (χ2v) is 9.38. The average molecular weight is 382 g/mol. The summed E-state index contributed by atoms with van der Waals surface area (Å²) >= 11 is 0. The van der Waals surface area contributed by atoms with Crippen molar-refractivity contribution in [3.63, 3.8) is 0 Å². The zero-order valence-electron chi connectivity index (χ0n) is 17.1. The zero-order valence-corrected chi connectivity index (χ0v) is 17.1. The molecule has 1 aliphatic carbocycles. The quantitative estimate of drug-likeness (QED) is 0.802. The van der Waals surface area contributed by atoms with Crippen molar-refractivity contribution >= 4 is 12.0 Å². The van der Waals surface area contributed by atoms with Crippen molar-refractivity contribution in [2.24, 2.45) is 5.41 Å². The molecule has 1 N–H and O–H groups in total. The summed E-state index contributed by atoms with van der Waals surface area (Å²) in [5.74, 6) is 0.108. The number of amides is 2. The summed E-state index contributed by atoms with van der Waals surface area (Å²) in [4.78, 5) is 30.5. The van der Waals surface area contributed by atoms with Gasteiger partial charge in [0, 0.05) is 39.1 Å². The lowest BCUT2D eigenvalue weighted by Crippen LogP contribution is -2.46. The van der Waals surface area contributed by atoms with Crippen molar-refractivity contribution in [3.05, 3.63) is 0 Å². The molecule has 0 bridgehead atoms. The molecule has 0 aromatic carbocycles. The maximum absolute atomic E-state index is 12.4. The van der Waals surface area contributed by atoms with E-state index >= 15 is 0 Å². The van der Waals surface area contributed by atoms with Gasteiger partial charge in [0.15, 0.2) is 0 Å². The van der Waals surface area contributed by atoms with Gasteiger partial charge < -0.3 is 24.5 Å². The van der Waals surface area contributed by atoms with Crippen LogP contribution in [0.2, 0.25) is 0 Å². The molecule has 2 aliphatic heterocycles. The van der Waals surface area contributed by atoms with Crippen LogP contribution in [0.15, 0.2) is 0 Å². The Morgan fingerprint density at radius 1 is 1.15 bits per heavy atom. The average Bonchev–Trinajstić information content (AvgIpc) is 3.36. The SMILES string of the molecule is CC(C)(C)OC(=O)N1CCC(=O)N(CCCN2CCC3(CC3)C(O)C2)CC1. The van der Waals surface area contributed by atoms with Crippen LogP contribution >= 0.6 is 0 Å². The summed E-state index contributed by atoms with van der Waals surface area (Å²) < 4.78 is 5.42. The number of carbonyl (C=O) groups excluding carboxylic acids is 2. The van der Waals surface area contributed by atoms with Gasteiger partial charge >= 0.3 is 6.09 Å². The van der Waals surface area contributed by atoms with Crippen molar-refractivity contribution in [1.29, 1.82) is 0 Å². The van der Waals surface area contributed by atoms with Gasteiger partial charge in [0.2, 0.25) is 5.91 Å². The number of likely N-dealkylation sites (tertiary alicyclic amines) is 1. The first kappa shape index (κ1) is 20.4. The summed E-state index contributed by atoms with van der Waals surface area (Å²) in [5.41, 5.74) is -0.284. The zero-order chi connectivity index (χ0) is 19.7. The van der Waals surface area contributed by atoms with Crippen molar-refractivity contribution < 1.29 is 19.4 Å². The molecule has 0 radical (unpaired) electrons.